The van der Waals surface area contributed by atoms with Gasteiger partial charge in [0.15, 0.2) is 23.0 Å². The van der Waals surface area contributed by atoms with E-state index in [0.29, 0.717) is 28.7 Å². The maximum Gasteiger partial charge on any atom is 0.259 e. The average Bonchev–Trinajstić information content (AvgIpc) is 3.17. The number of carbonyl (C=O) groups excluding carboxylic acids is 1. The first-order valence-electron chi connectivity index (χ1n) is 8.29. The number of nitrogens with zero attached hydrogens (tertiary/aromatic N) is 1. The van der Waals surface area contributed by atoms with Gasteiger partial charge in [0.25, 0.3) is 5.91 Å². The summed E-state index contributed by atoms with van der Waals surface area (Å²) in [6.07, 6.45) is 0. The van der Waals surface area contributed by atoms with Crippen molar-refractivity contribution >= 4 is 17.3 Å². The SMILES string of the molecule is COc1ccc(/C(C)=N/NC(=O)CNc2ccc3c(c2)OCO3)cc1OC. The predicted molar refractivity (Wildman–Crippen MR) is 101 cm³/mol. The first-order valence-corrected chi connectivity index (χ1v) is 8.29. The molecule has 3 rings (SSSR count). The highest BCUT2D eigenvalue weighted by Gasteiger charge is 2.13. The van der Waals surface area contributed by atoms with Crippen molar-refractivity contribution in [3.05, 3.63) is 42.0 Å². The van der Waals surface area contributed by atoms with Gasteiger partial charge < -0.3 is 24.3 Å². The van der Waals surface area contributed by atoms with E-state index in [-0.39, 0.29) is 19.2 Å². The minimum absolute atomic E-state index is 0.0718. The Hall–Kier alpha value is -3.42. The second-order valence-electron chi connectivity index (χ2n) is 5.72. The van der Waals surface area contributed by atoms with E-state index >= 15 is 0 Å². The summed E-state index contributed by atoms with van der Waals surface area (Å²) < 4.78 is 21.0. The molecule has 0 aliphatic carbocycles. The number of ether oxygens (including phenoxy) is 4. The topological polar surface area (TPSA) is 90.4 Å². The molecule has 0 atom stereocenters. The van der Waals surface area contributed by atoms with Crippen LogP contribution in [-0.2, 0) is 4.79 Å². The van der Waals surface area contributed by atoms with Crippen LogP contribution in [0.3, 0.4) is 0 Å². The van der Waals surface area contributed by atoms with Crippen molar-refractivity contribution in [2.75, 3.05) is 32.9 Å². The predicted octanol–water partition coefficient (Wildman–Crippen LogP) is 2.38. The smallest absolute Gasteiger partial charge is 0.259 e. The van der Waals surface area contributed by atoms with E-state index < -0.39 is 0 Å². The molecule has 0 aromatic heterocycles. The second kappa shape index (κ2) is 8.31. The summed E-state index contributed by atoms with van der Waals surface area (Å²) in [5.74, 6) is 2.31. The first kappa shape index (κ1) is 18.4. The van der Waals surface area contributed by atoms with Crippen molar-refractivity contribution in [1.29, 1.82) is 0 Å². The molecule has 0 saturated heterocycles. The molecular weight excluding hydrogens is 350 g/mol. The Labute approximate surface area is 157 Å². The fraction of sp³-hybridized carbons (Fsp3) is 0.263. The number of nitrogens with one attached hydrogen (secondary N) is 2. The fourth-order valence-electron chi connectivity index (χ4n) is 2.50. The molecule has 1 amide bonds. The van der Waals surface area contributed by atoms with Gasteiger partial charge in [0.05, 0.1) is 26.5 Å². The lowest BCUT2D eigenvalue weighted by Gasteiger charge is -2.10. The maximum absolute atomic E-state index is 12.0. The van der Waals surface area contributed by atoms with Gasteiger partial charge in [-0.25, -0.2) is 5.43 Å². The summed E-state index contributed by atoms with van der Waals surface area (Å²) >= 11 is 0. The number of hydrogen-bond donors (Lipinski definition) is 2. The number of fused-ring (bicyclic) bond motifs is 1. The van der Waals surface area contributed by atoms with Gasteiger partial charge in [-0.1, -0.05) is 0 Å². The van der Waals surface area contributed by atoms with Gasteiger partial charge in [-0.3, -0.25) is 4.79 Å². The molecule has 0 radical (unpaired) electrons. The molecule has 27 heavy (non-hydrogen) atoms. The molecule has 1 aliphatic rings. The highest BCUT2D eigenvalue weighted by atomic mass is 16.7. The number of hydrazone groups is 1. The Morgan fingerprint density at radius 3 is 2.63 bits per heavy atom. The molecule has 142 valence electrons. The summed E-state index contributed by atoms with van der Waals surface area (Å²) in [7, 11) is 3.14. The van der Waals surface area contributed by atoms with Crippen LogP contribution in [-0.4, -0.2) is 39.2 Å². The number of benzene rings is 2. The lowest BCUT2D eigenvalue weighted by molar-refractivity contribution is -0.119. The Morgan fingerprint density at radius 1 is 1.07 bits per heavy atom. The zero-order chi connectivity index (χ0) is 19.2. The summed E-state index contributed by atoms with van der Waals surface area (Å²) in [5.41, 5.74) is 4.75. The summed E-state index contributed by atoms with van der Waals surface area (Å²) in [6, 6.07) is 10.8. The molecule has 8 nitrogen and oxygen atoms in total. The standard InChI is InChI=1S/C19H21N3O5/c1-12(13-4-6-15(24-2)17(8-13)25-3)21-22-19(23)10-20-14-5-7-16-18(9-14)27-11-26-16/h4-9,20H,10-11H2,1-3H3,(H,22,23)/b21-12+. The zero-order valence-corrected chi connectivity index (χ0v) is 15.4. The molecule has 0 unspecified atom stereocenters. The molecule has 2 aromatic rings. The van der Waals surface area contributed by atoms with Gasteiger partial charge in [0.1, 0.15) is 0 Å². The van der Waals surface area contributed by atoms with Crippen LogP contribution in [0.1, 0.15) is 12.5 Å². The van der Waals surface area contributed by atoms with E-state index in [1.165, 1.54) is 0 Å². The average molecular weight is 371 g/mol. The number of carbonyl (C=O) groups is 1. The van der Waals surface area contributed by atoms with Crippen LogP contribution in [0.5, 0.6) is 23.0 Å². The van der Waals surface area contributed by atoms with Gasteiger partial charge in [-0.2, -0.15) is 5.10 Å². The van der Waals surface area contributed by atoms with Gasteiger partial charge in [-0.15, -0.1) is 0 Å². The van der Waals surface area contributed by atoms with E-state index in [1.54, 1.807) is 45.4 Å². The van der Waals surface area contributed by atoms with E-state index in [9.17, 15) is 4.79 Å². The quantitative estimate of drug-likeness (QED) is 0.574. The number of methoxy groups -OCH3 is 2. The molecule has 0 saturated carbocycles. The van der Waals surface area contributed by atoms with Gasteiger partial charge >= 0.3 is 0 Å². The third-order valence-corrected chi connectivity index (χ3v) is 3.98. The van der Waals surface area contributed by atoms with E-state index in [4.69, 9.17) is 18.9 Å². The minimum Gasteiger partial charge on any atom is -0.493 e. The second-order valence-corrected chi connectivity index (χ2v) is 5.72. The van der Waals surface area contributed by atoms with Crippen LogP contribution in [0.2, 0.25) is 0 Å². The van der Waals surface area contributed by atoms with Crippen molar-refractivity contribution in [1.82, 2.24) is 5.43 Å². The summed E-state index contributed by atoms with van der Waals surface area (Å²) in [5, 5.41) is 7.15. The van der Waals surface area contributed by atoms with Gasteiger partial charge in [-0.05, 0) is 37.3 Å². The number of anilines is 1. The van der Waals surface area contributed by atoms with E-state index in [1.807, 2.05) is 12.1 Å². The Balaban J connectivity index is 1.56. The fourth-order valence-corrected chi connectivity index (χ4v) is 2.50. The van der Waals surface area contributed by atoms with Gasteiger partial charge in [0, 0.05) is 17.3 Å². The molecule has 0 bridgehead atoms. The molecular formula is C19H21N3O5. The molecule has 0 fully saturated rings. The Bertz CT molecular complexity index is 866. The third-order valence-electron chi connectivity index (χ3n) is 3.98. The van der Waals surface area contributed by atoms with Crippen LogP contribution < -0.4 is 29.7 Å². The molecule has 1 heterocycles. The van der Waals surface area contributed by atoms with E-state index in [2.05, 4.69) is 15.8 Å². The lowest BCUT2D eigenvalue weighted by Crippen LogP contribution is -2.26. The third kappa shape index (κ3) is 4.41. The van der Waals surface area contributed by atoms with Crippen LogP contribution in [0.15, 0.2) is 41.5 Å². The van der Waals surface area contributed by atoms with E-state index in [0.717, 1.165) is 11.3 Å². The van der Waals surface area contributed by atoms with Gasteiger partial charge in [0.2, 0.25) is 6.79 Å². The molecule has 8 heteroatoms. The molecule has 2 N–H and O–H groups in total. The maximum atomic E-state index is 12.0. The highest BCUT2D eigenvalue weighted by Crippen LogP contribution is 2.34. The highest BCUT2D eigenvalue weighted by molar-refractivity contribution is 6.00. The van der Waals surface area contributed by atoms with Crippen molar-refractivity contribution in [3.63, 3.8) is 0 Å². The summed E-state index contributed by atoms with van der Waals surface area (Å²) in [4.78, 5) is 12.0. The summed E-state index contributed by atoms with van der Waals surface area (Å²) in [6.45, 7) is 2.08. The van der Waals surface area contributed by atoms with Crippen LogP contribution in [0.25, 0.3) is 0 Å². The number of hydrogen-bond acceptors (Lipinski definition) is 7. The monoisotopic (exact) mass is 371 g/mol. The number of rotatable bonds is 7. The lowest BCUT2D eigenvalue weighted by atomic mass is 10.1. The number of amides is 1. The van der Waals surface area contributed by atoms with Crippen LogP contribution in [0.4, 0.5) is 5.69 Å². The van der Waals surface area contributed by atoms with Crippen LogP contribution >= 0.6 is 0 Å². The molecule has 0 spiro atoms. The largest absolute Gasteiger partial charge is 0.493 e. The van der Waals surface area contributed by atoms with Crippen molar-refractivity contribution in [2.24, 2.45) is 5.10 Å². The Kier molecular flexibility index (Phi) is 5.65. The molecule has 2 aromatic carbocycles. The Morgan fingerprint density at radius 2 is 1.85 bits per heavy atom. The van der Waals surface area contributed by atoms with Crippen molar-refractivity contribution in [2.45, 2.75) is 6.92 Å². The minimum atomic E-state index is -0.271. The zero-order valence-electron chi connectivity index (χ0n) is 15.4. The molecule has 1 aliphatic heterocycles. The van der Waals surface area contributed by atoms with Crippen LogP contribution in [0, 0.1) is 0 Å². The van der Waals surface area contributed by atoms with Crippen molar-refractivity contribution < 1.29 is 23.7 Å². The first-order chi connectivity index (χ1) is 13.1. The normalized spacial score (nSPS) is 12.5. The van der Waals surface area contributed by atoms with Crippen molar-refractivity contribution in [3.8, 4) is 23.0 Å².